The average Bonchev–Trinajstić information content (AvgIpc) is 2.43. The van der Waals surface area contributed by atoms with Crippen molar-refractivity contribution in [3.8, 4) is 0 Å². The Bertz CT molecular complexity index is 779. The molecule has 0 unspecified atom stereocenters. The zero-order valence-electron chi connectivity index (χ0n) is 10.6. The lowest BCUT2D eigenvalue weighted by Gasteiger charge is -2.10. The Hall–Kier alpha value is -2.06. The van der Waals surface area contributed by atoms with Crippen LogP contribution >= 0.6 is 0 Å². The van der Waals surface area contributed by atoms with Gasteiger partial charge in [0.1, 0.15) is 22.3 Å². The maximum atomic E-state index is 13.7. The van der Waals surface area contributed by atoms with Gasteiger partial charge in [-0.1, -0.05) is 6.07 Å². The predicted octanol–water partition coefficient (Wildman–Crippen LogP) is 2.36. The van der Waals surface area contributed by atoms with Crippen molar-refractivity contribution in [1.29, 1.82) is 0 Å². The lowest BCUT2D eigenvalue weighted by atomic mass is 10.2. The normalized spacial score (nSPS) is 11.4. The summed E-state index contributed by atoms with van der Waals surface area (Å²) in [7, 11) is -4.40. The zero-order chi connectivity index (χ0) is 15.6. The largest absolute Gasteiger partial charge is 0.326 e. The fourth-order valence-electron chi connectivity index (χ4n) is 1.66. The van der Waals surface area contributed by atoms with Crippen LogP contribution in [-0.4, -0.2) is 8.42 Å². The summed E-state index contributed by atoms with van der Waals surface area (Å²) in [5, 5.41) is 0. The SMILES string of the molecule is NCc1ccc(F)c(S(=O)(=O)Nc2cc(F)ccc2F)c1. The fraction of sp³-hybridized carbons (Fsp3) is 0.0769. The first kappa shape index (κ1) is 15.3. The van der Waals surface area contributed by atoms with E-state index in [2.05, 4.69) is 0 Å². The molecule has 2 aromatic rings. The van der Waals surface area contributed by atoms with E-state index < -0.39 is 38.1 Å². The van der Waals surface area contributed by atoms with Crippen molar-refractivity contribution in [2.75, 3.05) is 4.72 Å². The molecule has 3 N–H and O–H groups in total. The number of hydrogen-bond acceptors (Lipinski definition) is 3. The molecule has 0 aliphatic carbocycles. The summed E-state index contributed by atoms with van der Waals surface area (Å²) in [5.41, 5.74) is 5.14. The Morgan fingerprint density at radius 2 is 1.67 bits per heavy atom. The molecule has 0 amide bonds. The second-order valence-corrected chi connectivity index (χ2v) is 5.85. The van der Waals surface area contributed by atoms with Crippen molar-refractivity contribution in [1.82, 2.24) is 0 Å². The first-order valence-electron chi connectivity index (χ1n) is 5.80. The van der Waals surface area contributed by atoms with Gasteiger partial charge in [0.15, 0.2) is 0 Å². The Morgan fingerprint density at radius 3 is 2.33 bits per heavy atom. The summed E-state index contributed by atoms with van der Waals surface area (Å²) >= 11 is 0. The number of nitrogens with two attached hydrogens (primary N) is 1. The smallest absolute Gasteiger partial charge is 0.264 e. The highest BCUT2D eigenvalue weighted by Gasteiger charge is 2.21. The third kappa shape index (κ3) is 3.34. The Morgan fingerprint density at radius 1 is 1.00 bits per heavy atom. The summed E-state index contributed by atoms with van der Waals surface area (Å²) in [5.74, 6) is -2.82. The van der Waals surface area contributed by atoms with Crippen LogP contribution < -0.4 is 10.5 Å². The summed E-state index contributed by atoms with van der Waals surface area (Å²) in [6, 6.07) is 5.57. The number of anilines is 1. The van der Waals surface area contributed by atoms with Gasteiger partial charge in [-0.2, -0.15) is 0 Å². The first-order chi connectivity index (χ1) is 9.83. The molecule has 0 radical (unpaired) electrons. The second-order valence-electron chi connectivity index (χ2n) is 4.20. The highest BCUT2D eigenvalue weighted by molar-refractivity contribution is 7.92. The van der Waals surface area contributed by atoms with E-state index in [-0.39, 0.29) is 6.54 Å². The van der Waals surface area contributed by atoms with Gasteiger partial charge in [0.25, 0.3) is 10.0 Å². The molecule has 0 aliphatic heterocycles. The Balaban J connectivity index is 2.45. The number of halogens is 3. The summed E-state index contributed by atoms with van der Waals surface area (Å²) in [6.07, 6.45) is 0. The van der Waals surface area contributed by atoms with Gasteiger partial charge in [-0.3, -0.25) is 4.72 Å². The molecule has 21 heavy (non-hydrogen) atoms. The number of sulfonamides is 1. The van der Waals surface area contributed by atoms with Crippen molar-refractivity contribution >= 4 is 15.7 Å². The monoisotopic (exact) mass is 316 g/mol. The number of benzene rings is 2. The van der Waals surface area contributed by atoms with Gasteiger partial charge in [0.05, 0.1) is 5.69 Å². The van der Waals surface area contributed by atoms with Crippen LogP contribution in [0.15, 0.2) is 41.3 Å². The molecule has 8 heteroatoms. The molecule has 2 rings (SSSR count). The van der Waals surface area contributed by atoms with Crippen LogP contribution in [0.2, 0.25) is 0 Å². The molecule has 4 nitrogen and oxygen atoms in total. The lowest BCUT2D eigenvalue weighted by Crippen LogP contribution is -2.16. The Labute approximate surface area is 119 Å². The van der Waals surface area contributed by atoms with Crippen LogP contribution in [0, 0.1) is 17.5 Å². The van der Waals surface area contributed by atoms with Crippen molar-refractivity contribution < 1.29 is 21.6 Å². The molecular weight excluding hydrogens is 305 g/mol. The minimum Gasteiger partial charge on any atom is -0.326 e. The van der Waals surface area contributed by atoms with E-state index in [1.165, 1.54) is 6.07 Å². The van der Waals surface area contributed by atoms with Gasteiger partial charge in [0.2, 0.25) is 0 Å². The molecule has 0 aliphatic rings. The molecule has 112 valence electrons. The second kappa shape index (κ2) is 5.74. The van der Waals surface area contributed by atoms with Gasteiger partial charge < -0.3 is 5.73 Å². The number of nitrogens with one attached hydrogen (secondary N) is 1. The molecular formula is C13H11F3N2O2S. The van der Waals surface area contributed by atoms with Crippen LogP contribution in [0.3, 0.4) is 0 Å². The van der Waals surface area contributed by atoms with Crippen molar-refractivity contribution in [3.63, 3.8) is 0 Å². The van der Waals surface area contributed by atoms with E-state index in [4.69, 9.17) is 5.73 Å². The maximum Gasteiger partial charge on any atom is 0.264 e. The molecule has 0 spiro atoms. The fourth-order valence-corrected chi connectivity index (χ4v) is 2.84. The molecule has 2 aromatic carbocycles. The lowest BCUT2D eigenvalue weighted by molar-refractivity contribution is 0.568. The van der Waals surface area contributed by atoms with Crippen LogP contribution in [0.25, 0.3) is 0 Å². The highest BCUT2D eigenvalue weighted by atomic mass is 32.2. The van der Waals surface area contributed by atoms with Crippen molar-refractivity contribution in [3.05, 3.63) is 59.4 Å². The standard InChI is InChI=1S/C13H11F3N2O2S/c14-9-2-4-10(15)12(6-9)18-21(19,20)13-5-8(7-17)1-3-11(13)16/h1-6,18H,7,17H2. The Kier molecular flexibility index (Phi) is 4.19. The summed E-state index contributed by atoms with van der Waals surface area (Å²) in [4.78, 5) is -0.686. The molecule has 0 bridgehead atoms. The molecule has 0 heterocycles. The molecule has 0 saturated carbocycles. The zero-order valence-corrected chi connectivity index (χ0v) is 11.4. The van der Waals surface area contributed by atoms with E-state index in [9.17, 15) is 21.6 Å². The highest BCUT2D eigenvalue weighted by Crippen LogP contribution is 2.22. The summed E-state index contributed by atoms with van der Waals surface area (Å²) in [6.45, 7) is 0.0110. The minimum atomic E-state index is -4.40. The third-order valence-corrected chi connectivity index (χ3v) is 4.07. The molecule has 0 fully saturated rings. The summed E-state index contributed by atoms with van der Waals surface area (Å²) < 4.78 is 66.1. The van der Waals surface area contributed by atoms with Crippen molar-refractivity contribution in [2.45, 2.75) is 11.4 Å². The average molecular weight is 316 g/mol. The predicted molar refractivity (Wildman–Crippen MR) is 71.5 cm³/mol. The molecule has 0 saturated heterocycles. The van der Waals surface area contributed by atoms with Crippen LogP contribution in [-0.2, 0) is 16.6 Å². The maximum absolute atomic E-state index is 13.7. The molecule has 0 atom stereocenters. The first-order valence-corrected chi connectivity index (χ1v) is 7.28. The van der Waals surface area contributed by atoms with Crippen LogP contribution in [0.4, 0.5) is 18.9 Å². The van der Waals surface area contributed by atoms with Gasteiger partial charge in [0, 0.05) is 12.6 Å². The van der Waals surface area contributed by atoms with Crippen LogP contribution in [0.5, 0.6) is 0 Å². The minimum absolute atomic E-state index is 0.0110. The van der Waals surface area contributed by atoms with Gasteiger partial charge >= 0.3 is 0 Å². The third-order valence-electron chi connectivity index (χ3n) is 2.69. The van der Waals surface area contributed by atoms with E-state index in [0.29, 0.717) is 11.6 Å². The van der Waals surface area contributed by atoms with E-state index in [1.54, 1.807) is 0 Å². The van der Waals surface area contributed by atoms with E-state index >= 15 is 0 Å². The van der Waals surface area contributed by atoms with Crippen LogP contribution in [0.1, 0.15) is 5.56 Å². The molecule has 0 aromatic heterocycles. The number of rotatable bonds is 4. The van der Waals surface area contributed by atoms with E-state index in [1.807, 2.05) is 4.72 Å². The van der Waals surface area contributed by atoms with Gasteiger partial charge in [-0.15, -0.1) is 0 Å². The topological polar surface area (TPSA) is 72.2 Å². The quantitative estimate of drug-likeness (QED) is 0.909. The van der Waals surface area contributed by atoms with Gasteiger partial charge in [-0.25, -0.2) is 21.6 Å². The van der Waals surface area contributed by atoms with E-state index in [0.717, 1.165) is 24.3 Å². The number of hydrogen-bond donors (Lipinski definition) is 2. The van der Waals surface area contributed by atoms with Crippen molar-refractivity contribution in [2.24, 2.45) is 5.73 Å². The van der Waals surface area contributed by atoms with Gasteiger partial charge in [-0.05, 0) is 29.8 Å².